The van der Waals surface area contributed by atoms with Crippen molar-refractivity contribution in [1.82, 2.24) is 0 Å². The summed E-state index contributed by atoms with van der Waals surface area (Å²) >= 11 is 0. The van der Waals surface area contributed by atoms with Gasteiger partial charge in [-0.25, -0.2) is 4.21 Å². The van der Waals surface area contributed by atoms with Gasteiger partial charge in [0.05, 0.1) is 4.75 Å². The number of nitrogens with zero attached hydrogens (tertiary/aromatic N) is 1. The van der Waals surface area contributed by atoms with Gasteiger partial charge in [0.2, 0.25) is 0 Å². The van der Waals surface area contributed by atoms with Crippen LogP contribution in [0.2, 0.25) is 0 Å². The van der Waals surface area contributed by atoms with Crippen LogP contribution in [0.3, 0.4) is 0 Å². The first kappa shape index (κ1) is 11.6. The summed E-state index contributed by atoms with van der Waals surface area (Å²) in [5, 5.41) is 0. The molecular weight excluding hydrogens is 170 g/mol. The molecule has 0 aliphatic rings. The molecule has 0 aromatic heterocycles. The normalized spacial score (nSPS) is 14.9. The fourth-order valence-electron chi connectivity index (χ4n) is 0.471. The topological polar surface area (TPSA) is 29.4 Å². The molecule has 12 heavy (non-hydrogen) atoms. The Labute approximate surface area is 77.4 Å². The summed E-state index contributed by atoms with van der Waals surface area (Å²) in [7, 11) is -1.11. The predicted molar refractivity (Wildman–Crippen MR) is 55.8 cm³/mol. The third-order valence-electron chi connectivity index (χ3n) is 1.19. The van der Waals surface area contributed by atoms with E-state index in [0.29, 0.717) is 0 Å². The fraction of sp³-hybridized carbons (Fsp3) is 0.667. The van der Waals surface area contributed by atoms with Crippen LogP contribution in [0.5, 0.6) is 0 Å². The van der Waals surface area contributed by atoms with Crippen molar-refractivity contribution in [1.29, 1.82) is 0 Å². The van der Waals surface area contributed by atoms with E-state index in [0.717, 1.165) is 12.8 Å². The lowest BCUT2D eigenvalue weighted by Crippen LogP contribution is -2.19. The van der Waals surface area contributed by atoms with Crippen LogP contribution in [0.4, 0.5) is 0 Å². The van der Waals surface area contributed by atoms with Crippen LogP contribution in [-0.2, 0) is 11.0 Å². The highest BCUT2D eigenvalue weighted by atomic mass is 32.2. The highest BCUT2D eigenvalue weighted by Gasteiger charge is 2.17. The van der Waals surface area contributed by atoms with Gasteiger partial charge in [0, 0.05) is 6.21 Å². The molecule has 1 atom stereocenters. The van der Waals surface area contributed by atoms with Gasteiger partial charge in [-0.05, 0) is 33.6 Å². The van der Waals surface area contributed by atoms with Crippen molar-refractivity contribution in [2.75, 3.05) is 0 Å². The first-order valence-electron chi connectivity index (χ1n) is 4.04. The molecule has 0 fully saturated rings. The Balaban J connectivity index is 3.84. The van der Waals surface area contributed by atoms with Gasteiger partial charge in [0.1, 0.15) is 11.0 Å². The third kappa shape index (κ3) is 5.24. The molecule has 2 nitrogen and oxygen atoms in total. The highest BCUT2D eigenvalue weighted by molar-refractivity contribution is 7.85. The summed E-state index contributed by atoms with van der Waals surface area (Å²) in [5.41, 5.74) is 0. The van der Waals surface area contributed by atoms with E-state index in [9.17, 15) is 4.21 Å². The monoisotopic (exact) mass is 187 g/mol. The van der Waals surface area contributed by atoms with Gasteiger partial charge in [0.15, 0.2) is 0 Å². The molecule has 0 spiro atoms. The quantitative estimate of drug-likeness (QED) is 0.378. The molecule has 0 aliphatic heterocycles. The van der Waals surface area contributed by atoms with Gasteiger partial charge in [-0.15, -0.1) is 6.58 Å². The first-order valence-corrected chi connectivity index (χ1v) is 5.14. The summed E-state index contributed by atoms with van der Waals surface area (Å²) in [4.78, 5) is 0. The molecule has 0 N–H and O–H groups in total. The minimum absolute atomic E-state index is 0.245. The minimum Gasteiger partial charge on any atom is -0.234 e. The molecule has 0 saturated carbocycles. The predicted octanol–water partition coefficient (Wildman–Crippen LogP) is 2.49. The van der Waals surface area contributed by atoms with Crippen LogP contribution in [0.25, 0.3) is 0 Å². The number of unbranched alkanes of at least 4 members (excludes halogenated alkanes) is 1. The molecule has 0 amide bonds. The number of allylic oxidation sites excluding steroid dienone is 1. The molecule has 0 radical (unpaired) electrons. The zero-order chi connectivity index (χ0) is 9.61. The molecule has 0 heterocycles. The zero-order valence-corrected chi connectivity index (χ0v) is 8.86. The van der Waals surface area contributed by atoms with E-state index >= 15 is 0 Å². The highest BCUT2D eigenvalue weighted by Crippen LogP contribution is 2.11. The van der Waals surface area contributed by atoms with Crippen molar-refractivity contribution < 1.29 is 4.21 Å². The Bertz CT molecular complexity index is 191. The van der Waals surface area contributed by atoms with E-state index in [1.807, 2.05) is 26.8 Å². The second kappa shape index (κ2) is 5.25. The molecule has 0 unspecified atom stereocenters. The average Bonchev–Trinajstić information content (AvgIpc) is 1.96. The van der Waals surface area contributed by atoms with Crippen molar-refractivity contribution >= 4 is 17.2 Å². The second-order valence-corrected chi connectivity index (χ2v) is 5.45. The van der Waals surface area contributed by atoms with Crippen LogP contribution in [0.1, 0.15) is 33.6 Å². The SMILES string of the molecule is C=CCC/C=N/[S@@](=O)C(C)(C)C. The van der Waals surface area contributed by atoms with Gasteiger partial charge in [-0.1, -0.05) is 6.08 Å². The standard InChI is InChI=1S/C9H17NOS/c1-5-6-7-8-10-12(11)9(2,3)4/h5,8H,1,6-7H2,2-4H3/b10-8+/t12-/m0/s1. The average molecular weight is 187 g/mol. The Morgan fingerprint density at radius 1 is 1.42 bits per heavy atom. The van der Waals surface area contributed by atoms with Gasteiger partial charge >= 0.3 is 0 Å². The van der Waals surface area contributed by atoms with E-state index in [-0.39, 0.29) is 4.75 Å². The van der Waals surface area contributed by atoms with Crippen LogP contribution < -0.4 is 0 Å². The van der Waals surface area contributed by atoms with Crippen molar-refractivity contribution in [3.63, 3.8) is 0 Å². The van der Waals surface area contributed by atoms with E-state index in [1.165, 1.54) is 0 Å². The van der Waals surface area contributed by atoms with Gasteiger partial charge in [-0.3, -0.25) is 0 Å². The summed E-state index contributed by atoms with van der Waals surface area (Å²) < 4.78 is 15.0. The molecule has 0 bridgehead atoms. The van der Waals surface area contributed by atoms with Gasteiger partial charge in [0.25, 0.3) is 0 Å². The molecule has 0 rings (SSSR count). The molecular formula is C9H17NOS. The molecule has 0 saturated heterocycles. The maximum atomic E-state index is 11.3. The Morgan fingerprint density at radius 2 is 2.00 bits per heavy atom. The van der Waals surface area contributed by atoms with E-state index in [1.54, 1.807) is 6.21 Å². The molecule has 3 heteroatoms. The summed E-state index contributed by atoms with van der Waals surface area (Å²) in [6.45, 7) is 9.32. The first-order chi connectivity index (χ1) is 5.48. The fourth-order valence-corrected chi connectivity index (χ4v) is 1.03. The second-order valence-electron chi connectivity index (χ2n) is 3.52. The van der Waals surface area contributed by atoms with Crippen molar-refractivity contribution in [2.24, 2.45) is 4.40 Å². The van der Waals surface area contributed by atoms with Crippen molar-refractivity contribution in [2.45, 2.75) is 38.4 Å². The number of rotatable bonds is 4. The molecule has 70 valence electrons. The molecule has 0 aliphatic carbocycles. The summed E-state index contributed by atoms with van der Waals surface area (Å²) in [6.07, 6.45) is 5.26. The van der Waals surface area contributed by atoms with Crippen LogP contribution in [-0.4, -0.2) is 15.2 Å². The molecule has 0 aromatic carbocycles. The van der Waals surface area contributed by atoms with E-state index in [4.69, 9.17) is 0 Å². The Hall–Kier alpha value is -0.440. The Morgan fingerprint density at radius 3 is 2.42 bits per heavy atom. The van der Waals surface area contributed by atoms with Crippen molar-refractivity contribution in [3.05, 3.63) is 12.7 Å². The lowest BCUT2D eigenvalue weighted by Gasteiger charge is -2.12. The number of hydrogen-bond acceptors (Lipinski definition) is 1. The van der Waals surface area contributed by atoms with Gasteiger partial charge in [-0.2, -0.15) is 4.40 Å². The van der Waals surface area contributed by atoms with Crippen LogP contribution in [0.15, 0.2) is 17.1 Å². The summed E-state index contributed by atoms with van der Waals surface area (Å²) in [6, 6.07) is 0. The minimum atomic E-state index is -1.11. The summed E-state index contributed by atoms with van der Waals surface area (Å²) in [5.74, 6) is 0. The van der Waals surface area contributed by atoms with Crippen molar-refractivity contribution in [3.8, 4) is 0 Å². The molecule has 0 aromatic rings. The number of hydrogen-bond donors (Lipinski definition) is 0. The maximum Gasteiger partial charge on any atom is 0.144 e. The lowest BCUT2D eigenvalue weighted by molar-refractivity contribution is 0.650. The zero-order valence-electron chi connectivity index (χ0n) is 8.04. The van der Waals surface area contributed by atoms with E-state index < -0.39 is 11.0 Å². The lowest BCUT2D eigenvalue weighted by atomic mass is 10.3. The van der Waals surface area contributed by atoms with Crippen LogP contribution in [0, 0.1) is 0 Å². The Kier molecular flexibility index (Phi) is 5.06. The smallest absolute Gasteiger partial charge is 0.144 e. The van der Waals surface area contributed by atoms with E-state index in [2.05, 4.69) is 11.0 Å². The largest absolute Gasteiger partial charge is 0.234 e. The maximum absolute atomic E-state index is 11.3. The van der Waals surface area contributed by atoms with Crippen LogP contribution >= 0.6 is 0 Å². The third-order valence-corrected chi connectivity index (χ3v) is 2.58. The van der Waals surface area contributed by atoms with Gasteiger partial charge < -0.3 is 0 Å².